The molecule has 1 rings (SSSR count). The van der Waals surface area contributed by atoms with Crippen LogP contribution < -0.4 is 10.6 Å². The Bertz CT molecular complexity index is 408. The highest BCUT2D eigenvalue weighted by molar-refractivity contribution is 5.91. The predicted molar refractivity (Wildman–Crippen MR) is 77.9 cm³/mol. The van der Waals surface area contributed by atoms with Gasteiger partial charge in [-0.05, 0) is 40.0 Å². The van der Waals surface area contributed by atoms with Crippen molar-refractivity contribution in [2.45, 2.75) is 65.6 Å². The summed E-state index contributed by atoms with van der Waals surface area (Å²) in [6, 6.07) is -0.532. The van der Waals surface area contributed by atoms with E-state index in [-0.39, 0.29) is 17.9 Å². The zero-order valence-corrected chi connectivity index (χ0v) is 13.2. The average molecular weight is 282 g/mol. The van der Waals surface area contributed by atoms with Crippen molar-refractivity contribution in [2.24, 2.45) is 5.92 Å². The number of esters is 1. The molecule has 0 aromatic heterocycles. The molecular formula is C15H26N2O3. The van der Waals surface area contributed by atoms with Gasteiger partial charge in [0.1, 0.15) is 11.6 Å². The van der Waals surface area contributed by atoms with Crippen LogP contribution in [0.2, 0.25) is 0 Å². The Labute approximate surface area is 121 Å². The first-order valence-corrected chi connectivity index (χ1v) is 7.10. The topological polar surface area (TPSA) is 67.4 Å². The van der Waals surface area contributed by atoms with Gasteiger partial charge in [0.25, 0.3) is 0 Å². The van der Waals surface area contributed by atoms with Crippen LogP contribution in [0.4, 0.5) is 0 Å². The summed E-state index contributed by atoms with van der Waals surface area (Å²) in [7, 11) is 0. The number of carbonyl (C=O) groups is 2. The third kappa shape index (κ3) is 5.23. The first kappa shape index (κ1) is 16.5. The lowest BCUT2D eigenvalue weighted by Crippen LogP contribution is -2.44. The molecule has 2 N–H and O–H groups in total. The molecule has 0 radical (unpaired) electrons. The zero-order valence-electron chi connectivity index (χ0n) is 13.2. The van der Waals surface area contributed by atoms with Crippen molar-refractivity contribution >= 4 is 11.9 Å². The van der Waals surface area contributed by atoms with E-state index in [2.05, 4.69) is 24.5 Å². The molecule has 0 aromatic rings. The zero-order chi connectivity index (χ0) is 15.5. The fraction of sp³-hybridized carbons (Fsp3) is 0.733. The van der Waals surface area contributed by atoms with Gasteiger partial charge in [-0.3, -0.25) is 4.79 Å². The summed E-state index contributed by atoms with van der Waals surface area (Å²) in [6.45, 7) is 11.5. The molecular weight excluding hydrogens is 256 g/mol. The number of ether oxygens (including phenoxy) is 1. The molecule has 1 heterocycles. The fourth-order valence-corrected chi connectivity index (χ4v) is 2.03. The molecule has 0 aromatic carbocycles. The van der Waals surface area contributed by atoms with E-state index < -0.39 is 11.6 Å². The van der Waals surface area contributed by atoms with Gasteiger partial charge in [0.15, 0.2) is 0 Å². The summed E-state index contributed by atoms with van der Waals surface area (Å²) in [4.78, 5) is 23.6. The molecule has 0 bridgehead atoms. The third-order valence-corrected chi connectivity index (χ3v) is 2.85. The molecule has 0 saturated heterocycles. The van der Waals surface area contributed by atoms with Gasteiger partial charge in [0.2, 0.25) is 5.91 Å². The monoisotopic (exact) mass is 282 g/mol. The van der Waals surface area contributed by atoms with Crippen LogP contribution in [0.5, 0.6) is 0 Å². The normalized spacial score (nSPS) is 20.4. The standard InChI is InChI=1S/C15H26N2O3/c1-9(2)7-12(14(19)20-15(4,5)6)17-11-8-13(18)16-10(11)3/h8-10,12,17H,7H2,1-6H3,(H,16,18)/t10-,12-/m0/s1. The van der Waals surface area contributed by atoms with Crippen LogP contribution in [0.3, 0.4) is 0 Å². The minimum absolute atomic E-state index is 0.0976. The van der Waals surface area contributed by atoms with Crippen molar-refractivity contribution in [1.29, 1.82) is 0 Å². The van der Waals surface area contributed by atoms with E-state index in [4.69, 9.17) is 4.74 Å². The van der Waals surface area contributed by atoms with Gasteiger partial charge in [-0.2, -0.15) is 0 Å². The summed E-state index contributed by atoms with van der Waals surface area (Å²) in [5, 5.41) is 5.92. The fourth-order valence-electron chi connectivity index (χ4n) is 2.03. The first-order valence-electron chi connectivity index (χ1n) is 7.10. The second-order valence-corrected chi connectivity index (χ2v) is 6.69. The van der Waals surface area contributed by atoms with Gasteiger partial charge in [0, 0.05) is 11.8 Å². The predicted octanol–water partition coefficient (Wildman–Crippen LogP) is 1.73. The summed E-state index contributed by atoms with van der Waals surface area (Å²) in [5.41, 5.74) is 0.226. The van der Waals surface area contributed by atoms with E-state index in [0.29, 0.717) is 12.3 Å². The van der Waals surface area contributed by atoms with Crippen LogP contribution in [0.15, 0.2) is 11.8 Å². The average Bonchev–Trinajstić information content (AvgIpc) is 2.53. The van der Waals surface area contributed by atoms with E-state index in [0.717, 1.165) is 5.70 Å². The van der Waals surface area contributed by atoms with E-state index >= 15 is 0 Å². The van der Waals surface area contributed by atoms with Crippen LogP contribution in [0.25, 0.3) is 0 Å². The van der Waals surface area contributed by atoms with E-state index in [1.165, 1.54) is 6.08 Å². The number of rotatable bonds is 5. The molecule has 114 valence electrons. The Morgan fingerprint density at radius 2 is 2.05 bits per heavy atom. The summed E-state index contributed by atoms with van der Waals surface area (Å²) < 4.78 is 5.44. The van der Waals surface area contributed by atoms with Crippen LogP contribution in [-0.2, 0) is 14.3 Å². The maximum Gasteiger partial charge on any atom is 0.329 e. The van der Waals surface area contributed by atoms with E-state index in [1.54, 1.807) is 0 Å². The van der Waals surface area contributed by atoms with Gasteiger partial charge in [-0.15, -0.1) is 0 Å². The van der Waals surface area contributed by atoms with Crippen molar-refractivity contribution < 1.29 is 14.3 Å². The molecule has 5 nitrogen and oxygen atoms in total. The molecule has 2 atom stereocenters. The Hall–Kier alpha value is -1.52. The smallest absolute Gasteiger partial charge is 0.329 e. The first-order chi connectivity index (χ1) is 9.08. The molecule has 20 heavy (non-hydrogen) atoms. The molecule has 0 aliphatic carbocycles. The van der Waals surface area contributed by atoms with Crippen molar-refractivity contribution in [3.05, 3.63) is 11.8 Å². The van der Waals surface area contributed by atoms with E-state index in [1.807, 2.05) is 27.7 Å². The van der Waals surface area contributed by atoms with Gasteiger partial charge in [-0.1, -0.05) is 13.8 Å². The van der Waals surface area contributed by atoms with Gasteiger partial charge in [-0.25, -0.2) is 4.79 Å². The lowest BCUT2D eigenvalue weighted by molar-refractivity contribution is -0.157. The molecule has 1 amide bonds. The highest BCUT2D eigenvalue weighted by Crippen LogP contribution is 2.15. The molecule has 1 aliphatic rings. The highest BCUT2D eigenvalue weighted by atomic mass is 16.6. The summed E-state index contributed by atoms with van der Waals surface area (Å²) in [6.07, 6.45) is 2.16. The van der Waals surface area contributed by atoms with Crippen molar-refractivity contribution in [3.63, 3.8) is 0 Å². The minimum atomic E-state index is -0.516. The van der Waals surface area contributed by atoms with Gasteiger partial charge >= 0.3 is 5.97 Å². The molecule has 0 fully saturated rings. The Kier molecular flexibility index (Phi) is 5.20. The lowest BCUT2D eigenvalue weighted by Gasteiger charge is -2.27. The lowest BCUT2D eigenvalue weighted by atomic mass is 10.0. The van der Waals surface area contributed by atoms with Crippen molar-refractivity contribution in [2.75, 3.05) is 0 Å². The second kappa shape index (κ2) is 6.29. The second-order valence-electron chi connectivity index (χ2n) is 6.69. The van der Waals surface area contributed by atoms with Crippen LogP contribution >= 0.6 is 0 Å². The molecule has 5 heteroatoms. The largest absolute Gasteiger partial charge is 0.458 e. The van der Waals surface area contributed by atoms with Crippen LogP contribution in [0.1, 0.15) is 48.0 Å². The maximum atomic E-state index is 12.3. The molecule has 0 spiro atoms. The van der Waals surface area contributed by atoms with Crippen LogP contribution in [0, 0.1) is 5.92 Å². The molecule has 0 saturated carbocycles. The third-order valence-electron chi connectivity index (χ3n) is 2.85. The Morgan fingerprint density at radius 3 is 2.45 bits per heavy atom. The SMILES string of the molecule is CC(C)C[C@H](NC1=CC(=O)N[C@H]1C)C(=O)OC(C)(C)C. The molecule has 1 aliphatic heterocycles. The number of hydrogen-bond acceptors (Lipinski definition) is 4. The number of amides is 1. The van der Waals surface area contributed by atoms with Gasteiger partial charge < -0.3 is 15.4 Å². The quantitative estimate of drug-likeness (QED) is 0.754. The molecule has 0 unspecified atom stereocenters. The number of hydrogen-bond donors (Lipinski definition) is 2. The van der Waals surface area contributed by atoms with Crippen LogP contribution in [-0.4, -0.2) is 29.6 Å². The van der Waals surface area contributed by atoms with E-state index in [9.17, 15) is 9.59 Å². The van der Waals surface area contributed by atoms with Crippen molar-refractivity contribution in [1.82, 2.24) is 10.6 Å². The van der Waals surface area contributed by atoms with Crippen molar-refractivity contribution in [3.8, 4) is 0 Å². The minimum Gasteiger partial charge on any atom is -0.458 e. The van der Waals surface area contributed by atoms with Gasteiger partial charge in [0.05, 0.1) is 6.04 Å². The summed E-state index contributed by atoms with van der Waals surface area (Å²) >= 11 is 0. The maximum absolute atomic E-state index is 12.3. The highest BCUT2D eigenvalue weighted by Gasteiger charge is 2.29. The Morgan fingerprint density at radius 1 is 1.45 bits per heavy atom. The number of nitrogens with one attached hydrogen (secondary N) is 2. The Balaban J connectivity index is 2.77. The number of carbonyl (C=O) groups excluding carboxylic acids is 2. The summed E-state index contributed by atoms with van der Waals surface area (Å²) in [5.74, 6) is -0.0628.